The van der Waals surface area contributed by atoms with E-state index in [9.17, 15) is 0 Å². The third-order valence-electron chi connectivity index (χ3n) is 3.89. The average Bonchev–Trinajstić information content (AvgIpc) is 3.20. The second kappa shape index (κ2) is 6.16. The minimum Gasteiger partial charge on any atom is -0.493 e. The molecule has 2 aliphatic heterocycles. The van der Waals surface area contributed by atoms with Gasteiger partial charge in [-0.3, -0.25) is 5.41 Å². The minimum absolute atomic E-state index is 0.588. The molecule has 1 aromatic carbocycles. The van der Waals surface area contributed by atoms with E-state index >= 15 is 0 Å². The molecule has 1 fully saturated rings. The first-order valence-electron chi connectivity index (χ1n) is 7.59. The molecular formula is C16H21N3O2. The van der Waals surface area contributed by atoms with Crippen LogP contribution in [0.25, 0.3) is 0 Å². The molecule has 0 amide bonds. The van der Waals surface area contributed by atoms with Gasteiger partial charge in [0.2, 0.25) is 0 Å². The first kappa shape index (κ1) is 13.9. The van der Waals surface area contributed by atoms with E-state index in [1.165, 1.54) is 12.8 Å². The monoisotopic (exact) mass is 287 g/mol. The van der Waals surface area contributed by atoms with Gasteiger partial charge >= 0.3 is 0 Å². The van der Waals surface area contributed by atoms with E-state index in [1.54, 1.807) is 0 Å². The third kappa shape index (κ3) is 2.86. The zero-order valence-corrected chi connectivity index (χ0v) is 12.4. The highest BCUT2D eigenvalue weighted by Gasteiger charge is 2.20. The summed E-state index contributed by atoms with van der Waals surface area (Å²) in [4.78, 5) is 7.21. The lowest BCUT2D eigenvalue weighted by atomic mass is 10.0. The van der Waals surface area contributed by atoms with Crippen molar-refractivity contribution in [2.24, 2.45) is 5.16 Å². The maximum absolute atomic E-state index is 8.35. The SMILES string of the molecule is CCOc1cc(C(=N)N2CCCC2)ccc1C1=NOCC1. The van der Waals surface area contributed by atoms with Gasteiger partial charge in [-0.25, -0.2) is 0 Å². The van der Waals surface area contributed by atoms with Crippen LogP contribution in [0.2, 0.25) is 0 Å². The number of likely N-dealkylation sites (tertiary alicyclic amines) is 1. The first-order chi connectivity index (χ1) is 10.3. The van der Waals surface area contributed by atoms with Crippen molar-refractivity contribution in [3.8, 4) is 5.75 Å². The topological polar surface area (TPSA) is 57.9 Å². The summed E-state index contributed by atoms with van der Waals surface area (Å²) in [6.45, 7) is 5.15. The fraction of sp³-hybridized carbons (Fsp3) is 0.500. The van der Waals surface area contributed by atoms with E-state index in [1.807, 2.05) is 25.1 Å². The molecule has 5 heteroatoms. The Hall–Kier alpha value is -2.04. The summed E-state index contributed by atoms with van der Waals surface area (Å²) in [6, 6.07) is 5.94. The summed E-state index contributed by atoms with van der Waals surface area (Å²) in [6.07, 6.45) is 3.16. The number of benzene rings is 1. The van der Waals surface area contributed by atoms with Gasteiger partial charge in [0.05, 0.1) is 12.3 Å². The highest BCUT2D eigenvalue weighted by atomic mass is 16.6. The van der Waals surface area contributed by atoms with Crippen LogP contribution >= 0.6 is 0 Å². The molecule has 0 aliphatic carbocycles. The molecule has 1 N–H and O–H groups in total. The lowest BCUT2D eigenvalue weighted by Gasteiger charge is -2.19. The van der Waals surface area contributed by atoms with Gasteiger partial charge in [0, 0.05) is 30.6 Å². The lowest BCUT2D eigenvalue weighted by Crippen LogP contribution is -2.27. The molecule has 0 unspecified atom stereocenters. The Labute approximate surface area is 125 Å². The Morgan fingerprint density at radius 3 is 2.86 bits per heavy atom. The summed E-state index contributed by atoms with van der Waals surface area (Å²) in [5.74, 6) is 1.38. The molecule has 3 rings (SSSR count). The molecule has 21 heavy (non-hydrogen) atoms. The van der Waals surface area contributed by atoms with Crippen molar-refractivity contribution in [1.29, 1.82) is 5.41 Å². The quantitative estimate of drug-likeness (QED) is 0.684. The number of nitrogens with one attached hydrogen (secondary N) is 1. The number of oxime groups is 1. The van der Waals surface area contributed by atoms with Crippen LogP contribution in [0, 0.1) is 5.41 Å². The van der Waals surface area contributed by atoms with Crippen molar-refractivity contribution in [1.82, 2.24) is 4.90 Å². The van der Waals surface area contributed by atoms with Gasteiger partial charge in [-0.2, -0.15) is 0 Å². The number of nitrogens with zero attached hydrogens (tertiary/aromatic N) is 2. The molecule has 112 valence electrons. The standard InChI is InChI=1S/C16H21N3O2/c1-2-20-15-11-12(16(17)19-8-3-4-9-19)5-6-13(15)14-7-10-21-18-14/h5-6,11,17H,2-4,7-10H2,1H3. The minimum atomic E-state index is 0.588. The zero-order valence-electron chi connectivity index (χ0n) is 12.4. The Kier molecular flexibility index (Phi) is 4.08. The average molecular weight is 287 g/mol. The largest absolute Gasteiger partial charge is 0.493 e. The molecule has 0 bridgehead atoms. The maximum atomic E-state index is 8.35. The summed E-state index contributed by atoms with van der Waals surface area (Å²) in [7, 11) is 0. The third-order valence-corrected chi connectivity index (χ3v) is 3.89. The predicted octanol–water partition coefficient (Wildman–Crippen LogP) is 2.63. The second-order valence-corrected chi connectivity index (χ2v) is 5.31. The van der Waals surface area contributed by atoms with Crippen molar-refractivity contribution in [2.45, 2.75) is 26.2 Å². The zero-order chi connectivity index (χ0) is 14.7. The van der Waals surface area contributed by atoms with Gasteiger partial charge in [-0.1, -0.05) is 11.2 Å². The van der Waals surface area contributed by atoms with Gasteiger partial charge in [0.25, 0.3) is 0 Å². The van der Waals surface area contributed by atoms with E-state index in [2.05, 4.69) is 10.1 Å². The van der Waals surface area contributed by atoms with E-state index in [4.69, 9.17) is 15.0 Å². The normalized spacial score (nSPS) is 17.6. The first-order valence-corrected chi connectivity index (χ1v) is 7.59. The van der Waals surface area contributed by atoms with Gasteiger partial charge < -0.3 is 14.5 Å². The molecule has 5 nitrogen and oxygen atoms in total. The fourth-order valence-corrected chi connectivity index (χ4v) is 2.80. The second-order valence-electron chi connectivity index (χ2n) is 5.31. The van der Waals surface area contributed by atoms with Crippen LogP contribution < -0.4 is 4.74 Å². The van der Waals surface area contributed by atoms with Crippen LogP contribution in [0.4, 0.5) is 0 Å². The maximum Gasteiger partial charge on any atom is 0.129 e. The van der Waals surface area contributed by atoms with Crippen molar-refractivity contribution >= 4 is 11.5 Å². The molecule has 0 saturated carbocycles. The van der Waals surface area contributed by atoms with Crippen LogP contribution in [0.15, 0.2) is 23.4 Å². The van der Waals surface area contributed by atoms with Crippen LogP contribution in [-0.4, -0.2) is 42.8 Å². The van der Waals surface area contributed by atoms with Crippen molar-refractivity contribution in [2.75, 3.05) is 26.3 Å². The highest BCUT2D eigenvalue weighted by Crippen LogP contribution is 2.26. The molecule has 1 saturated heterocycles. The Morgan fingerprint density at radius 2 is 2.19 bits per heavy atom. The van der Waals surface area contributed by atoms with Gasteiger partial charge in [0.1, 0.15) is 18.2 Å². The number of ether oxygens (including phenoxy) is 1. The summed E-state index contributed by atoms with van der Waals surface area (Å²) >= 11 is 0. The highest BCUT2D eigenvalue weighted by molar-refractivity contribution is 6.05. The summed E-state index contributed by atoms with van der Waals surface area (Å²) in [5, 5.41) is 12.4. The van der Waals surface area contributed by atoms with Crippen molar-refractivity contribution < 1.29 is 9.57 Å². The van der Waals surface area contributed by atoms with Gasteiger partial charge in [-0.05, 0) is 31.9 Å². The number of hydrogen-bond donors (Lipinski definition) is 1. The van der Waals surface area contributed by atoms with E-state index in [0.29, 0.717) is 19.0 Å². The molecule has 2 aliphatic rings. The Bertz CT molecular complexity index is 563. The van der Waals surface area contributed by atoms with Crippen molar-refractivity contribution in [3.63, 3.8) is 0 Å². The number of rotatable bonds is 4. The van der Waals surface area contributed by atoms with E-state index < -0.39 is 0 Å². The van der Waals surface area contributed by atoms with Crippen molar-refractivity contribution in [3.05, 3.63) is 29.3 Å². The van der Waals surface area contributed by atoms with Gasteiger partial charge in [-0.15, -0.1) is 0 Å². The predicted molar refractivity (Wildman–Crippen MR) is 82.4 cm³/mol. The van der Waals surface area contributed by atoms with Crippen LogP contribution in [0.5, 0.6) is 5.75 Å². The molecule has 2 heterocycles. The van der Waals surface area contributed by atoms with E-state index in [-0.39, 0.29) is 0 Å². The van der Waals surface area contributed by atoms with Crippen LogP contribution in [0.1, 0.15) is 37.3 Å². The summed E-state index contributed by atoms with van der Waals surface area (Å²) < 4.78 is 5.75. The summed E-state index contributed by atoms with van der Waals surface area (Å²) in [5.41, 5.74) is 2.81. The Morgan fingerprint density at radius 1 is 1.38 bits per heavy atom. The Balaban J connectivity index is 1.89. The van der Waals surface area contributed by atoms with Gasteiger partial charge in [0.15, 0.2) is 0 Å². The molecule has 0 atom stereocenters. The smallest absolute Gasteiger partial charge is 0.129 e. The molecule has 0 aromatic heterocycles. The fourth-order valence-electron chi connectivity index (χ4n) is 2.80. The van der Waals surface area contributed by atoms with Crippen LogP contribution in [0.3, 0.4) is 0 Å². The lowest BCUT2D eigenvalue weighted by molar-refractivity contribution is 0.174. The number of hydrogen-bond acceptors (Lipinski definition) is 4. The molecule has 1 aromatic rings. The molecule has 0 radical (unpaired) electrons. The van der Waals surface area contributed by atoms with E-state index in [0.717, 1.165) is 42.1 Å². The molecular weight excluding hydrogens is 266 g/mol. The van der Waals surface area contributed by atoms with Crippen LogP contribution in [-0.2, 0) is 4.84 Å². The number of amidine groups is 1. The molecule has 0 spiro atoms.